The van der Waals surface area contributed by atoms with E-state index in [1.165, 1.54) is 6.33 Å². The maximum atomic E-state index is 12.1. The summed E-state index contributed by atoms with van der Waals surface area (Å²) in [5.41, 5.74) is 6.52. The lowest BCUT2D eigenvalue weighted by molar-refractivity contribution is 0.579. The van der Waals surface area contributed by atoms with Gasteiger partial charge in [-0.1, -0.05) is 12.1 Å². The molecule has 108 valence electrons. The van der Waals surface area contributed by atoms with E-state index in [1.54, 1.807) is 24.3 Å². The van der Waals surface area contributed by atoms with Gasteiger partial charge in [0.05, 0.1) is 11.4 Å². The average Bonchev–Trinajstić information content (AvgIpc) is 2.97. The first-order valence-electron chi connectivity index (χ1n) is 6.25. The molecule has 0 fully saturated rings. The topological polar surface area (TPSA) is 114 Å². The average molecular weight is 295 g/mol. The number of aromatic amines is 1. The number of nitrogens with zero attached hydrogens (tertiary/aromatic N) is 2. The van der Waals surface area contributed by atoms with Gasteiger partial charge in [0, 0.05) is 0 Å². The predicted octanol–water partition coefficient (Wildman–Crippen LogP) is 0.175. The maximum absolute atomic E-state index is 12.1. The molecule has 20 heavy (non-hydrogen) atoms. The summed E-state index contributed by atoms with van der Waals surface area (Å²) in [5, 5.41) is 6.25. The number of hydrogen-bond donors (Lipinski definition) is 3. The van der Waals surface area contributed by atoms with Crippen molar-refractivity contribution in [1.82, 2.24) is 19.9 Å². The molecule has 4 N–H and O–H groups in total. The van der Waals surface area contributed by atoms with E-state index >= 15 is 0 Å². The SMILES string of the molecule is NCCCc1ccc(S(=O)(=O)NCc2ncn[nH]2)cc1. The Bertz CT molecular complexity index is 622. The molecule has 2 aromatic rings. The van der Waals surface area contributed by atoms with E-state index in [-0.39, 0.29) is 11.4 Å². The lowest BCUT2D eigenvalue weighted by Crippen LogP contribution is -2.23. The first-order chi connectivity index (χ1) is 9.62. The molecule has 0 saturated carbocycles. The standard InChI is InChI=1S/C12H17N5O2S/c13-7-1-2-10-3-5-11(6-4-10)20(18,19)16-8-12-14-9-15-17-12/h3-6,9,16H,1-2,7-8,13H2,(H,14,15,17). The molecule has 0 radical (unpaired) electrons. The number of aryl methyl sites for hydroxylation is 1. The number of benzene rings is 1. The summed E-state index contributed by atoms with van der Waals surface area (Å²) in [6.45, 7) is 0.704. The monoisotopic (exact) mass is 295 g/mol. The van der Waals surface area contributed by atoms with Crippen LogP contribution >= 0.6 is 0 Å². The van der Waals surface area contributed by atoms with E-state index < -0.39 is 10.0 Å². The first kappa shape index (κ1) is 14.6. The Labute approximate surface area is 117 Å². The molecule has 0 spiro atoms. The normalized spacial score (nSPS) is 11.7. The van der Waals surface area contributed by atoms with Crippen molar-refractivity contribution in [2.75, 3.05) is 6.54 Å². The molecule has 0 atom stereocenters. The van der Waals surface area contributed by atoms with Gasteiger partial charge in [-0.2, -0.15) is 5.10 Å². The number of sulfonamides is 1. The van der Waals surface area contributed by atoms with Gasteiger partial charge in [0.15, 0.2) is 0 Å². The Morgan fingerprint density at radius 2 is 2.00 bits per heavy atom. The van der Waals surface area contributed by atoms with Gasteiger partial charge >= 0.3 is 0 Å². The molecule has 0 aliphatic heterocycles. The van der Waals surface area contributed by atoms with Gasteiger partial charge in [0.2, 0.25) is 10.0 Å². The van der Waals surface area contributed by atoms with E-state index in [0.29, 0.717) is 12.4 Å². The molecule has 2 rings (SSSR count). The summed E-state index contributed by atoms with van der Waals surface area (Å²) in [6, 6.07) is 6.79. The smallest absolute Gasteiger partial charge is 0.240 e. The summed E-state index contributed by atoms with van der Waals surface area (Å²) >= 11 is 0. The van der Waals surface area contributed by atoms with E-state index in [0.717, 1.165) is 18.4 Å². The van der Waals surface area contributed by atoms with Crippen molar-refractivity contribution in [2.45, 2.75) is 24.3 Å². The zero-order valence-electron chi connectivity index (χ0n) is 10.9. The van der Waals surface area contributed by atoms with Gasteiger partial charge in [-0.05, 0) is 37.1 Å². The van der Waals surface area contributed by atoms with E-state index in [2.05, 4.69) is 19.9 Å². The largest absolute Gasteiger partial charge is 0.330 e. The lowest BCUT2D eigenvalue weighted by atomic mass is 10.1. The number of aromatic nitrogens is 3. The zero-order valence-corrected chi connectivity index (χ0v) is 11.7. The highest BCUT2D eigenvalue weighted by Crippen LogP contribution is 2.12. The molecule has 1 aromatic heterocycles. The zero-order chi connectivity index (χ0) is 14.4. The molecular weight excluding hydrogens is 278 g/mol. The van der Waals surface area contributed by atoms with Gasteiger partial charge in [0.1, 0.15) is 12.2 Å². The van der Waals surface area contributed by atoms with Gasteiger partial charge in [-0.15, -0.1) is 0 Å². The maximum Gasteiger partial charge on any atom is 0.240 e. The second-order valence-electron chi connectivity index (χ2n) is 4.29. The summed E-state index contributed by atoms with van der Waals surface area (Å²) in [6.07, 6.45) is 3.06. The van der Waals surface area contributed by atoms with Gasteiger partial charge in [0.25, 0.3) is 0 Å². The van der Waals surface area contributed by atoms with Crippen LogP contribution in [0.1, 0.15) is 17.8 Å². The molecule has 0 amide bonds. The third-order valence-corrected chi connectivity index (χ3v) is 4.21. The second kappa shape index (κ2) is 6.60. The Hall–Kier alpha value is -1.77. The highest BCUT2D eigenvalue weighted by atomic mass is 32.2. The summed E-state index contributed by atoms with van der Waals surface area (Å²) in [4.78, 5) is 4.09. The van der Waals surface area contributed by atoms with Crippen LogP contribution in [0.5, 0.6) is 0 Å². The van der Waals surface area contributed by atoms with E-state index in [9.17, 15) is 8.42 Å². The third-order valence-electron chi connectivity index (χ3n) is 2.80. The van der Waals surface area contributed by atoms with Crippen molar-refractivity contribution in [2.24, 2.45) is 5.73 Å². The van der Waals surface area contributed by atoms with E-state index in [4.69, 9.17) is 5.73 Å². The van der Waals surface area contributed by atoms with Crippen molar-refractivity contribution < 1.29 is 8.42 Å². The van der Waals surface area contributed by atoms with Crippen molar-refractivity contribution in [3.63, 3.8) is 0 Å². The molecule has 1 aromatic carbocycles. The molecule has 0 bridgehead atoms. The van der Waals surface area contributed by atoms with Crippen molar-refractivity contribution in [1.29, 1.82) is 0 Å². The Kier molecular flexibility index (Phi) is 4.83. The van der Waals surface area contributed by atoms with Crippen LogP contribution in [0, 0.1) is 0 Å². The molecule has 8 heteroatoms. The van der Waals surface area contributed by atoms with Crippen molar-refractivity contribution in [3.05, 3.63) is 42.0 Å². The minimum atomic E-state index is -3.54. The molecule has 1 heterocycles. The van der Waals surface area contributed by atoms with Crippen LogP contribution < -0.4 is 10.5 Å². The van der Waals surface area contributed by atoms with Crippen LogP contribution in [0.2, 0.25) is 0 Å². The van der Waals surface area contributed by atoms with Crippen LogP contribution in [0.3, 0.4) is 0 Å². The van der Waals surface area contributed by atoms with Crippen molar-refractivity contribution in [3.8, 4) is 0 Å². The Morgan fingerprint density at radius 3 is 2.60 bits per heavy atom. The summed E-state index contributed by atoms with van der Waals surface area (Å²) < 4.78 is 26.6. The Balaban J connectivity index is 2.01. The second-order valence-corrected chi connectivity index (χ2v) is 6.06. The lowest BCUT2D eigenvalue weighted by Gasteiger charge is -2.06. The molecule has 0 aliphatic carbocycles. The van der Waals surface area contributed by atoms with Crippen LogP contribution in [-0.4, -0.2) is 30.1 Å². The van der Waals surface area contributed by atoms with Crippen LogP contribution in [0.15, 0.2) is 35.5 Å². The van der Waals surface area contributed by atoms with Crippen LogP contribution in [-0.2, 0) is 23.0 Å². The fourth-order valence-corrected chi connectivity index (χ4v) is 2.69. The fourth-order valence-electron chi connectivity index (χ4n) is 1.70. The minimum Gasteiger partial charge on any atom is -0.330 e. The number of nitrogens with one attached hydrogen (secondary N) is 2. The molecule has 0 unspecified atom stereocenters. The van der Waals surface area contributed by atoms with Crippen LogP contribution in [0.4, 0.5) is 0 Å². The summed E-state index contributed by atoms with van der Waals surface area (Å²) in [7, 11) is -3.54. The van der Waals surface area contributed by atoms with Gasteiger partial charge in [-0.3, -0.25) is 5.10 Å². The Morgan fingerprint density at radius 1 is 1.25 bits per heavy atom. The fraction of sp³-hybridized carbons (Fsp3) is 0.333. The van der Waals surface area contributed by atoms with E-state index in [1.807, 2.05) is 0 Å². The van der Waals surface area contributed by atoms with Gasteiger partial charge in [-0.25, -0.2) is 18.1 Å². The minimum absolute atomic E-state index is 0.0806. The predicted molar refractivity (Wildman–Crippen MR) is 74.2 cm³/mol. The quantitative estimate of drug-likeness (QED) is 0.674. The first-order valence-corrected chi connectivity index (χ1v) is 7.73. The molecule has 0 saturated heterocycles. The number of nitrogens with two attached hydrogens (primary N) is 1. The molecule has 7 nitrogen and oxygen atoms in total. The number of rotatable bonds is 7. The number of hydrogen-bond acceptors (Lipinski definition) is 5. The van der Waals surface area contributed by atoms with Crippen molar-refractivity contribution >= 4 is 10.0 Å². The number of H-pyrrole nitrogens is 1. The summed E-state index contributed by atoms with van der Waals surface area (Å²) in [5.74, 6) is 0.466. The molecule has 0 aliphatic rings. The third kappa shape index (κ3) is 3.86. The molecular formula is C12H17N5O2S. The van der Waals surface area contributed by atoms with Gasteiger partial charge < -0.3 is 5.73 Å². The highest BCUT2D eigenvalue weighted by Gasteiger charge is 2.14. The van der Waals surface area contributed by atoms with Crippen LogP contribution in [0.25, 0.3) is 0 Å². The highest BCUT2D eigenvalue weighted by molar-refractivity contribution is 7.89.